The second kappa shape index (κ2) is 7.74. The highest BCUT2D eigenvalue weighted by Gasteiger charge is 2.16. The molecule has 2 aromatic rings. The number of aromatic hydroxyl groups is 1. The molecule has 0 atom stereocenters. The van der Waals surface area contributed by atoms with Crippen LogP contribution in [-0.4, -0.2) is 43.2 Å². The summed E-state index contributed by atoms with van der Waals surface area (Å²) in [5, 5.41) is 10.5. The van der Waals surface area contributed by atoms with Gasteiger partial charge in [0.25, 0.3) is 5.91 Å². The first-order valence-electron chi connectivity index (χ1n) is 7.02. The molecule has 2 rings (SSSR count). The van der Waals surface area contributed by atoms with Gasteiger partial charge in [0.05, 0.1) is 19.2 Å². The molecule has 0 heterocycles. The zero-order valence-electron chi connectivity index (χ0n) is 13.0. The molecule has 0 spiro atoms. The van der Waals surface area contributed by atoms with E-state index in [0.29, 0.717) is 29.7 Å². The van der Waals surface area contributed by atoms with Crippen molar-refractivity contribution in [3.63, 3.8) is 0 Å². The van der Waals surface area contributed by atoms with E-state index < -0.39 is 0 Å². The fourth-order valence-electron chi connectivity index (χ4n) is 1.98. The molecule has 0 aliphatic heterocycles. The molecule has 0 unspecified atom stereocenters. The number of phenols is 1. The number of hydrogen-bond donors (Lipinski definition) is 1. The summed E-state index contributed by atoms with van der Waals surface area (Å²) in [4.78, 5) is 13.8. The van der Waals surface area contributed by atoms with E-state index >= 15 is 0 Å². The summed E-state index contributed by atoms with van der Waals surface area (Å²) in [5.41, 5.74) is 0.219. The first-order valence-corrected chi connectivity index (χ1v) is 7.40. The Hall–Kier alpha value is -2.40. The van der Waals surface area contributed by atoms with Crippen molar-refractivity contribution in [1.29, 1.82) is 0 Å². The van der Waals surface area contributed by atoms with Gasteiger partial charge in [-0.05, 0) is 30.3 Å². The van der Waals surface area contributed by atoms with E-state index in [2.05, 4.69) is 0 Å². The average Bonchev–Trinajstić information content (AvgIpc) is 2.54. The van der Waals surface area contributed by atoms with Crippen molar-refractivity contribution >= 4 is 17.5 Å². The molecular weight excluding hydrogens is 318 g/mol. The van der Waals surface area contributed by atoms with Gasteiger partial charge in [-0.25, -0.2) is 0 Å². The molecule has 0 saturated heterocycles. The van der Waals surface area contributed by atoms with E-state index in [-0.39, 0.29) is 17.2 Å². The van der Waals surface area contributed by atoms with E-state index in [9.17, 15) is 9.90 Å². The molecule has 0 radical (unpaired) electrons. The SMILES string of the molecule is COc1ccc(C(=O)N(C)CCOc2cccc(Cl)c2)c(O)c1. The van der Waals surface area contributed by atoms with Crippen LogP contribution in [0.25, 0.3) is 0 Å². The van der Waals surface area contributed by atoms with Gasteiger partial charge in [-0.3, -0.25) is 4.79 Å². The molecule has 122 valence electrons. The van der Waals surface area contributed by atoms with Gasteiger partial charge >= 0.3 is 0 Å². The average molecular weight is 336 g/mol. The van der Waals surface area contributed by atoms with Gasteiger partial charge in [-0.15, -0.1) is 0 Å². The summed E-state index contributed by atoms with van der Waals surface area (Å²) >= 11 is 5.88. The van der Waals surface area contributed by atoms with Gasteiger partial charge < -0.3 is 19.5 Å². The van der Waals surface area contributed by atoms with E-state index in [1.54, 1.807) is 37.4 Å². The van der Waals surface area contributed by atoms with Gasteiger partial charge in [0.2, 0.25) is 0 Å². The van der Waals surface area contributed by atoms with E-state index in [0.717, 1.165) is 0 Å². The predicted octanol–water partition coefficient (Wildman–Crippen LogP) is 3.21. The zero-order valence-corrected chi connectivity index (χ0v) is 13.7. The Bertz CT molecular complexity index is 690. The number of hydrogen-bond acceptors (Lipinski definition) is 4. The second-order valence-electron chi connectivity index (χ2n) is 4.92. The monoisotopic (exact) mass is 335 g/mol. The molecule has 1 N–H and O–H groups in total. The van der Waals surface area contributed by atoms with Crippen molar-refractivity contribution in [3.8, 4) is 17.2 Å². The molecule has 1 amide bonds. The number of halogens is 1. The quantitative estimate of drug-likeness (QED) is 0.880. The summed E-state index contributed by atoms with van der Waals surface area (Å²) in [7, 11) is 3.14. The van der Waals surface area contributed by atoms with E-state index in [1.165, 1.54) is 24.1 Å². The number of methoxy groups -OCH3 is 1. The van der Waals surface area contributed by atoms with Crippen LogP contribution in [0.1, 0.15) is 10.4 Å². The molecule has 0 aromatic heterocycles. The topological polar surface area (TPSA) is 59.0 Å². The van der Waals surface area contributed by atoms with Crippen LogP contribution in [0.4, 0.5) is 0 Å². The molecule has 0 bridgehead atoms. The molecule has 5 nitrogen and oxygen atoms in total. The van der Waals surface area contributed by atoms with Crippen LogP contribution in [0.3, 0.4) is 0 Å². The van der Waals surface area contributed by atoms with Crippen molar-refractivity contribution < 1.29 is 19.4 Å². The molecule has 6 heteroatoms. The Morgan fingerprint density at radius 1 is 1.22 bits per heavy atom. The highest BCUT2D eigenvalue weighted by molar-refractivity contribution is 6.30. The van der Waals surface area contributed by atoms with Crippen LogP contribution in [-0.2, 0) is 0 Å². The third-order valence-corrected chi connectivity index (χ3v) is 3.51. The van der Waals surface area contributed by atoms with Gasteiger partial charge in [0.1, 0.15) is 23.9 Å². The lowest BCUT2D eigenvalue weighted by atomic mass is 10.1. The number of carbonyl (C=O) groups is 1. The van der Waals surface area contributed by atoms with Gasteiger partial charge in [0.15, 0.2) is 0 Å². The lowest BCUT2D eigenvalue weighted by Crippen LogP contribution is -2.30. The standard InChI is InChI=1S/C17H18ClNO4/c1-19(8-9-23-14-5-3-4-12(18)10-14)17(21)15-7-6-13(22-2)11-16(15)20/h3-7,10-11,20H,8-9H2,1-2H3. The Balaban J connectivity index is 1.92. The van der Waals surface area contributed by atoms with Crippen LogP contribution >= 0.6 is 11.6 Å². The summed E-state index contributed by atoms with van der Waals surface area (Å²) in [6, 6.07) is 11.6. The second-order valence-corrected chi connectivity index (χ2v) is 5.35. The number of amides is 1. The van der Waals surface area contributed by atoms with Crippen LogP contribution in [0, 0.1) is 0 Å². The maximum atomic E-state index is 12.3. The lowest BCUT2D eigenvalue weighted by molar-refractivity contribution is 0.0770. The Morgan fingerprint density at radius 3 is 2.65 bits per heavy atom. The van der Waals surface area contributed by atoms with Crippen molar-refractivity contribution in [2.24, 2.45) is 0 Å². The summed E-state index contributed by atoms with van der Waals surface area (Å²) < 4.78 is 10.5. The van der Waals surface area contributed by atoms with Gasteiger partial charge in [-0.2, -0.15) is 0 Å². The van der Waals surface area contributed by atoms with Crippen LogP contribution < -0.4 is 9.47 Å². The molecule has 2 aromatic carbocycles. The molecule has 0 aliphatic carbocycles. The highest BCUT2D eigenvalue weighted by atomic mass is 35.5. The number of ether oxygens (including phenoxy) is 2. The summed E-state index contributed by atoms with van der Waals surface area (Å²) in [6.45, 7) is 0.691. The van der Waals surface area contributed by atoms with Crippen LogP contribution in [0.5, 0.6) is 17.2 Å². The normalized spacial score (nSPS) is 10.2. The minimum atomic E-state index is -0.292. The zero-order chi connectivity index (χ0) is 16.8. The number of benzene rings is 2. The fraction of sp³-hybridized carbons (Fsp3) is 0.235. The number of carbonyl (C=O) groups excluding carboxylic acids is 1. The maximum Gasteiger partial charge on any atom is 0.257 e. The third kappa shape index (κ3) is 4.53. The van der Waals surface area contributed by atoms with Crippen molar-refractivity contribution in [2.45, 2.75) is 0 Å². The molecule has 23 heavy (non-hydrogen) atoms. The van der Waals surface area contributed by atoms with Gasteiger partial charge in [-0.1, -0.05) is 17.7 Å². The van der Waals surface area contributed by atoms with Crippen molar-refractivity contribution in [1.82, 2.24) is 4.90 Å². The maximum absolute atomic E-state index is 12.3. The minimum absolute atomic E-state index is 0.114. The lowest BCUT2D eigenvalue weighted by Gasteiger charge is -2.18. The largest absolute Gasteiger partial charge is 0.507 e. The van der Waals surface area contributed by atoms with Crippen LogP contribution in [0.2, 0.25) is 5.02 Å². The molecule has 0 saturated carbocycles. The number of likely N-dealkylation sites (N-methyl/N-ethyl adjacent to an activating group) is 1. The van der Waals surface area contributed by atoms with E-state index in [4.69, 9.17) is 21.1 Å². The number of rotatable bonds is 6. The fourth-order valence-corrected chi connectivity index (χ4v) is 2.16. The Morgan fingerprint density at radius 2 is 2.00 bits per heavy atom. The number of phenolic OH excluding ortho intramolecular Hbond substituents is 1. The van der Waals surface area contributed by atoms with Gasteiger partial charge in [0, 0.05) is 18.1 Å². The summed E-state index contributed by atoms with van der Waals surface area (Å²) in [6.07, 6.45) is 0. The predicted molar refractivity (Wildman–Crippen MR) is 88.6 cm³/mol. The van der Waals surface area contributed by atoms with Crippen molar-refractivity contribution in [3.05, 3.63) is 53.1 Å². The molecule has 0 fully saturated rings. The Kier molecular flexibility index (Phi) is 5.71. The number of nitrogens with zero attached hydrogens (tertiary/aromatic N) is 1. The first-order chi connectivity index (χ1) is 11.0. The molecular formula is C17H18ClNO4. The Labute approximate surface area is 140 Å². The highest BCUT2D eigenvalue weighted by Crippen LogP contribution is 2.24. The van der Waals surface area contributed by atoms with Crippen LogP contribution in [0.15, 0.2) is 42.5 Å². The first kappa shape index (κ1) is 17.0. The van der Waals surface area contributed by atoms with E-state index in [1.807, 2.05) is 0 Å². The minimum Gasteiger partial charge on any atom is -0.507 e. The third-order valence-electron chi connectivity index (χ3n) is 3.27. The summed E-state index contributed by atoms with van der Waals surface area (Å²) in [5.74, 6) is 0.730. The van der Waals surface area contributed by atoms with Crippen molar-refractivity contribution in [2.75, 3.05) is 27.3 Å². The molecule has 0 aliphatic rings. The smallest absolute Gasteiger partial charge is 0.257 e.